The molecule has 0 aliphatic carbocycles. The van der Waals surface area contributed by atoms with Crippen LogP contribution in [0.2, 0.25) is 0 Å². The number of alkyl halides is 7. The summed E-state index contributed by atoms with van der Waals surface area (Å²) in [7, 11) is 0. The molecule has 0 spiro atoms. The van der Waals surface area contributed by atoms with Crippen molar-refractivity contribution in [3.05, 3.63) is 64.9 Å². The van der Waals surface area contributed by atoms with Crippen molar-refractivity contribution in [2.75, 3.05) is 11.9 Å². The van der Waals surface area contributed by atoms with Gasteiger partial charge in [-0.15, -0.1) is 11.6 Å². The van der Waals surface area contributed by atoms with E-state index in [1.807, 2.05) is 19.8 Å². The zero-order valence-electron chi connectivity index (χ0n) is 19.5. The fourth-order valence-electron chi connectivity index (χ4n) is 3.59. The molecule has 37 heavy (non-hydrogen) atoms. The lowest BCUT2D eigenvalue weighted by atomic mass is 10.1. The van der Waals surface area contributed by atoms with Gasteiger partial charge >= 0.3 is 12.4 Å². The van der Waals surface area contributed by atoms with Crippen LogP contribution >= 0.6 is 11.6 Å². The lowest BCUT2D eigenvalue weighted by Crippen LogP contribution is -2.33. The van der Waals surface area contributed by atoms with Crippen molar-refractivity contribution >= 4 is 35.0 Å². The van der Waals surface area contributed by atoms with Gasteiger partial charge in [0.25, 0.3) is 0 Å². The Labute approximate surface area is 214 Å². The summed E-state index contributed by atoms with van der Waals surface area (Å²) >= 11 is 6.25. The van der Waals surface area contributed by atoms with Gasteiger partial charge in [-0.1, -0.05) is 25.7 Å². The molecule has 0 amide bonds. The van der Waals surface area contributed by atoms with Crippen molar-refractivity contribution in [1.82, 2.24) is 14.9 Å². The van der Waals surface area contributed by atoms with E-state index in [1.54, 1.807) is 17.2 Å². The summed E-state index contributed by atoms with van der Waals surface area (Å²) in [6, 6.07) is 4.55. The molecule has 1 unspecified atom stereocenters. The van der Waals surface area contributed by atoms with Gasteiger partial charge in [-0.3, -0.25) is 0 Å². The summed E-state index contributed by atoms with van der Waals surface area (Å²) in [5.74, 6) is 5.41. The van der Waals surface area contributed by atoms with Crippen molar-refractivity contribution in [2.24, 2.45) is 4.99 Å². The van der Waals surface area contributed by atoms with Crippen LogP contribution in [-0.2, 0) is 12.6 Å². The minimum atomic E-state index is -4.64. The molecule has 0 radical (unpaired) electrons. The van der Waals surface area contributed by atoms with Crippen molar-refractivity contribution in [2.45, 2.75) is 43.9 Å². The smallest absolute Gasteiger partial charge is 0.340 e. The summed E-state index contributed by atoms with van der Waals surface area (Å²) in [5, 5.41) is 1.99. The number of amidine groups is 1. The molecule has 2 aliphatic heterocycles. The van der Waals surface area contributed by atoms with Crippen LogP contribution < -0.4 is 5.32 Å². The molecule has 0 saturated heterocycles. The molecule has 0 fully saturated rings. The number of aliphatic imine (C=N–C) groups is 1. The largest absolute Gasteiger partial charge is 0.425 e. The van der Waals surface area contributed by atoms with Crippen molar-refractivity contribution in [3.63, 3.8) is 0 Å². The SMILES string of the molecule is CC(C)c1nc2c(c(Nc3ccc(C(F)(F)F)cc3)n1)C=CN(C1=NC=C(C(F)(F)F)C#CC1Cl)CC2. The molecule has 2 aromatic rings. The maximum atomic E-state index is 13.1. The molecule has 194 valence electrons. The molecule has 4 rings (SSSR count). The minimum absolute atomic E-state index is 0.0403. The summed E-state index contributed by atoms with van der Waals surface area (Å²) < 4.78 is 78.1. The van der Waals surface area contributed by atoms with Gasteiger partial charge in [-0.2, -0.15) is 26.3 Å². The molecule has 0 saturated carbocycles. The molecule has 3 heterocycles. The van der Waals surface area contributed by atoms with E-state index in [-0.39, 0.29) is 11.8 Å². The Morgan fingerprint density at radius 3 is 2.38 bits per heavy atom. The van der Waals surface area contributed by atoms with Crippen molar-refractivity contribution in [1.29, 1.82) is 0 Å². The van der Waals surface area contributed by atoms with Gasteiger partial charge in [0.05, 0.1) is 11.3 Å². The average molecular weight is 540 g/mol. The Morgan fingerprint density at radius 1 is 1.05 bits per heavy atom. The van der Waals surface area contributed by atoms with E-state index in [9.17, 15) is 26.3 Å². The van der Waals surface area contributed by atoms with E-state index in [0.29, 0.717) is 47.8 Å². The normalized spacial score (nSPS) is 17.8. The maximum absolute atomic E-state index is 13.1. The quantitative estimate of drug-likeness (QED) is 0.269. The molecule has 1 aromatic carbocycles. The second-order valence-corrected chi connectivity index (χ2v) is 9.00. The number of aromatic nitrogens is 2. The predicted octanol–water partition coefficient (Wildman–Crippen LogP) is 6.66. The number of nitrogens with zero attached hydrogens (tertiary/aromatic N) is 4. The van der Waals surface area contributed by atoms with Gasteiger partial charge < -0.3 is 10.2 Å². The van der Waals surface area contributed by atoms with Crippen LogP contribution in [-0.4, -0.2) is 38.8 Å². The van der Waals surface area contributed by atoms with E-state index >= 15 is 0 Å². The van der Waals surface area contributed by atoms with Gasteiger partial charge in [-0.05, 0) is 30.3 Å². The zero-order chi connectivity index (χ0) is 27.0. The van der Waals surface area contributed by atoms with Gasteiger partial charge in [0.15, 0.2) is 5.38 Å². The highest BCUT2D eigenvalue weighted by atomic mass is 35.5. The fourth-order valence-corrected chi connectivity index (χ4v) is 3.82. The number of benzene rings is 1. The Morgan fingerprint density at radius 2 is 1.76 bits per heavy atom. The third-order valence-electron chi connectivity index (χ3n) is 5.53. The fraction of sp³-hybridized carbons (Fsp3) is 0.320. The predicted molar refractivity (Wildman–Crippen MR) is 129 cm³/mol. The Balaban J connectivity index is 1.68. The van der Waals surface area contributed by atoms with Crippen molar-refractivity contribution < 1.29 is 26.3 Å². The first-order valence-electron chi connectivity index (χ1n) is 11.1. The maximum Gasteiger partial charge on any atom is 0.425 e. The van der Waals surface area contributed by atoms with Crippen LogP contribution in [0.5, 0.6) is 0 Å². The van der Waals surface area contributed by atoms with Crippen LogP contribution in [0.4, 0.5) is 37.8 Å². The third kappa shape index (κ3) is 6.07. The molecule has 1 N–H and O–H groups in total. The summed E-state index contributed by atoms with van der Waals surface area (Å²) in [5.41, 5.74) is -0.226. The second-order valence-electron chi connectivity index (χ2n) is 8.56. The van der Waals surface area contributed by atoms with Crippen LogP contribution in [0.1, 0.15) is 42.4 Å². The number of hydrogen-bond donors (Lipinski definition) is 1. The monoisotopic (exact) mass is 539 g/mol. The van der Waals surface area contributed by atoms with E-state index in [0.717, 1.165) is 12.1 Å². The van der Waals surface area contributed by atoms with E-state index in [4.69, 9.17) is 11.6 Å². The topological polar surface area (TPSA) is 53.4 Å². The van der Waals surface area contributed by atoms with Crippen LogP contribution in [0, 0.1) is 11.8 Å². The van der Waals surface area contributed by atoms with E-state index in [1.165, 1.54) is 12.1 Å². The number of allylic oxidation sites excluding steroid dienone is 1. The Kier molecular flexibility index (Phi) is 7.24. The third-order valence-corrected chi connectivity index (χ3v) is 5.83. The lowest BCUT2D eigenvalue weighted by Gasteiger charge is -2.21. The Bertz CT molecular complexity index is 1330. The highest BCUT2D eigenvalue weighted by molar-refractivity contribution is 6.34. The standard InChI is InChI=1S/C25H20ClF6N5/c1-14(2)21-35-20-10-12-37(23-19(26)8-5-16(13-33-23)25(30,31)32)11-9-18(20)22(36-21)34-17-6-3-15(4-7-17)24(27,28)29/h3-4,6-7,9,11,13-14,19H,10,12H2,1-2H3,(H,34,35,36). The molecular weight excluding hydrogens is 520 g/mol. The highest BCUT2D eigenvalue weighted by Gasteiger charge is 2.34. The first kappa shape index (κ1) is 26.5. The first-order chi connectivity index (χ1) is 17.3. The molecule has 0 bridgehead atoms. The molecule has 5 nitrogen and oxygen atoms in total. The highest BCUT2D eigenvalue weighted by Crippen LogP contribution is 2.32. The number of halogens is 7. The minimum Gasteiger partial charge on any atom is -0.340 e. The summed E-state index contributed by atoms with van der Waals surface area (Å²) in [6.45, 7) is 4.12. The number of hydrogen-bond acceptors (Lipinski definition) is 5. The van der Waals surface area contributed by atoms with Crippen molar-refractivity contribution in [3.8, 4) is 11.8 Å². The average Bonchev–Trinajstić information content (AvgIpc) is 3.14. The first-order valence-corrected chi connectivity index (χ1v) is 11.6. The summed E-state index contributed by atoms with van der Waals surface area (Å²) in [4.78, 5) is 14.8. The number of fused-ring (bicyclic) bond motifs is 1. The summed E-state index contributed by atoms with van der Waals surface area (Å²) in [6.07, 6.45) is -4.80. The molecule has 2 aliphatic rings. The lowest BCUT2D eigenvalue weighted by molar-refractivity contribution is -0.137. The second kappa shape index (κ2) is 10.1. The Hall–Kier alpha value is -3.52. The number of nitrogens with one attached hydrogen (secondary N) is 1. The van der Waals surface area contributed by atoms with Gasteiger partial charge in [0.1, 0.15) is 23.1 Å². The number of rotatable bonds is 3. The van der Waals surface area contributed by atoms with Crippen LogP contribution in [0.25, 0.3) is 6.08 Å². The molecular formula is C25H20ClF6N5. The molecule has 12 heteroatoms. The zero-order valence-corrected chi connectivity index (χ0v) is 20.3. The van der Waals surface area contributed by atoms with E-state index < -0.39 is 28.9 Å². The molecule has 1 aromatic heterocycles. The number of anilines is 2. The van der Waals surface area contributed by atoms with Gasteiger partial charge in [0, 0.05) is 42.5 Å². The van der Waals surface area contributed by atoms with Gasteiger partial charge in [0.2, 0.25) is 0 Å². The molecule has 1 atom stereocenters. The van der Waals surface area contributed by atoms with Crippen LogP contribution in [0.15, 0.2) is 47.2 Å². The van der Waals surface area contributed by atoms with Gasteiger partial charge in [-0.25, -0.2) is 15.0 Å². The van der Waals surface area contributed by atoms with Crippen LogP contribution in [0.3, 0.4) is 0 Å². The van der Waals surface area contributed by atoms with E-state index in [2.05, 4.69) is 26.2 Å².